The number of esters is 1. The molecule has 212 valence electrons. The van der Waals surface area contributed by atoms with Crippen molar-refractivity contribution in [1.82, 2.24) is 4.90 Å². The fourth-order valence-corrected chi connectivity index (χ4v) is 6.52. The van der Waals surface area contributed by atoms with Gasteiger partial charge in [0.15, 0.2) is 0 Å². The Morgan fingerprint density at radius 2 is 1.62 bits per heavy atom. The van der Waals surface area contributed by atoms with Gasteiger partial charge in [-0.25, -0.2) is 0 Å². The molecule has 0 atom stereocenters. The van der Waals surface area contributed by atoms with Crippen molar-refractivity contribution in [3.8, 4) is 5.75 Å². The third kappa shape index (κ3) is 6.47. The molecule has 0 aliphatic carbocycles. The van der Waals surface area contributed by atoms with Gasteiger partial charge in [0.05, 0.1) is 18.4 Å². The van der Waals surface area contributed by atoms with Gasteiger partial charge in [0.1, 0.15) is 11.4 Å². The number of fused-ring (bicyclic) bond motifs is 1. The standard InChI is InChI=1S/C31H37N3O5S/c1-21-22(2)29(23(3)26-19-31(4,5)39-28(21)26)40(36,37)33-30(32-25-15-11-8-12-16-25)34(18-17-27(35)38-6)20-24-13-9-7-10-14-24/h7-16H,17-20H2,1-6H3,(H,32,33). The van der Waals surface area contributed by atoms with E-state index in [1.165, 1.54) is 7.11 Å². The maximum absolute atomic E-state index is 14.2. The van der Waals surface area contributed by atoms with Gasteiger partial charge in [-0.2, -0.15) is 8.42 Å². The topological polar surface area (TPSA) is 97.3 Å². The predicted octanol–water partition coefficient (Wildman–Crippen LogP) is 5.55. The second-order valence-corrected chi connectivity index (χ2v) is 12.2. The van der Waals surface area contributed by atoms with E-state index < -0.39 is 21.6 Å². The number of anilines is 1. The first-order valence-corrected chi connectivity index (χ1v) is 14.7. The molecule has 3 aromatic carbocycles. The number of nitrogens with zero attached hydrogens (tertiary/aromatic N) is 2. The molecule has 8 nitrogen and oxygen atoms in total. The second-order valence-electron chi connectivity index (χ2n) is 10.7. The van der Waals surface area contributed by atoms with Crippen molar-refractivity contribution in [2.75, 3.05) is 19.0 Å². The summed E-state index contributed by atoms with van der Waals surface area (Å²) in [6, 6.07) is 18.9. The van der Waals surface area contributed by atoms with E-state index in [9.17, 15) is 13.2 Å². The first-order chi connectivity index (χ1) is 18.9. The molecule has 0 saturated carbocycles. The van der Waals surface area contributed by atoms with Crippen LogP contribution in [0.25, 0.3) is 0 Å². The molecule has 0 unspecified atom stereocenters. The van der Waals surface area contributed by atoms with E-state index >= 15 is 0 Å². The lowest BCUT2D eigenvalue weighted by Crippen LogP contribution is -2.38. The second kappa shape index (κ2) is 11.7. The highest BCUT2D eigenvalue weighted by atomic mass is 32.2. The Hall–Kier alpha value is -3.85. The van der Waals surface area contributed by atoms with Crippen molar-refractivity contribution in [2.24, 2.45) is 4.40 Å². The SMILES string of the molecule is COC(=O)CCN(Cc1ccccc1)/C(=N\S(=O)(=O)c1c(C)c(C)c2c(c1C)CC(C)(C)O2)Nc1ccccc1. The molecule has 0 fully saturated rings. The van der Waals surface area contributed by atoms with Crippen LogP contribution in [-0.2, 0) is 32.5 Å². The molecular weight excluding hydrogens is 526 g/mol. The number of benzene rings is 3. The van der Waals surface area contributed by atoms with Crippen LogP contribution < -0.4 is 10.1 Å². The zero-order chi connectivity index (χ0) is 29.1. The Kier molecular flexibility index (Phi) is 8.54. The predicted molar refractivity (Wildman–Crippen MR) is 157 cm³/mol. The summed E-state index contributed by atoms with van der Waals surface area (Å²) in [4.78, 5) is 14.0. The molecule has 0 aromatic heterocycles. The average Bonchev–Trinajstić information content (AvgIpc) is 3.26. The van der Waals surface area contributed by atoms with Crippen LogP contribution in [0.1, 0.15) is 48.1 Å². The van der Waals surface area contributed by atoms with Crippen LogP contribution in [0.5, 0.6) is 5.75 Å². The van der Waals surface area contributed by atoms with Crippen LogP contribution >= 0.6 is 0 Å². The molecule has 0 amide bonds. The highest BCUT2D eigenvalue weighted by Crippen LogP contribution is 2.44. The number of methoxy groups -OCH3 is 1. The molecule has 1 heterocycles. The number of hydrogen-bond acceptors (Lipinski definition) is 5. The largest absolute Gasteiger partial charge is 0.487 e. The minimum atomic E-state index is -4.19. The van der Waals surface area contributed by atoms with Crippen molar-refractivity contribution in [1.29, 1.82) is 0 Å². The monoisotopic (exact) mass is 563 g/mol. The summed E-state index contributed by atoms with van der Waals surface area (Å²) in [7, 11) is -2.86. The van der Waals surface area contributed by atoms with Crippen molar-refractivity contribution >= 4 is 27.6 Å². The van der Waals surface area contributed by atoms with Gasteiger partial charge in [0.2, 0.25) is 5.96 Å². The number of guanidine groups is 1. The van der Waals surface area contributed by atoms with Gasteiger partial charge in [-0.05, 0) is 69.0 Å². The van der Waals surface area contributed by atoms with Crippen LogP contribution in [0.2, 0.25) is 0 Å². The molecule has 0 radical (unpaired) electrons. The normalized spacial score (nSPS) is 14.3. The smallest absolute Gasteiger partial charge is 0.307 e. The molecule has 40 heavy (non-hydrogen) atoms. The van der Waals surface area contributed by atoms with E-state index in [1.807, 2.05) is 88.4 Å². The first-order valence-electron chi connectivity index (χ1n) is 13.3. The molecular formula is C31H37N3O5S. The van der Waals surface area contributed by atoms with E-state index in [2.05, 4.69) is 9.71 Å². The third-order valence-corrected chi connectivity index (χ3v) is 8.66. The van der Waals surface area contributed by atoms with Crippen molar-refractivity contribution in [2.45, 2.75) is 64.5 Å². The van der Waals surface area contributed by atoms with Crippen molar-refractivity contribution in [3.63, 3.8) is 0 Å². The van der Waals surface area contributed by atoms with E-state index in [-0.39, 0.29) is 23.8 Å². The van der Waals surface area contributed by atoms with Gasteiger partial charge in [-0.15, -0.1) is 4.40 Å². The average molecular weight is 564 g/mol. The summed E-state index contributed by atoms with van der Waals surface area (Å²) in [5.41, 5.74) is 4.14. The number of ether oxygens (including phenoxy) is 2. The minimum absolute atomic E-state index is 0.0568. The highest BCUT2D eigenvalue weighted by molar-refractivity contribution is 7.90. The zero-order valence-corrected chi connectivity index (χ0v) is 24.8. The fourth-order valence-electron chi connectivity index (χ4n) is 4.99. The number of rotatable bonds is 8. The number of sulfonamides is 1. The lowest BCUT2D eigenvalue weighted by Gasteiger charge is -2.27. The van der Waals surface area contributed by atoms with Gasteiger partial charge in [0.25, 0.3) is 10.0 Å². The Balaban J connectivity index is 1.85. The molecule has 3 aromatic rings. The summed E-state index contributed by atoms with van der Waals surface area (Å²) in [5.74, 6) is 0.477. The van der Waals surface area contributed by atoms with E-state index in [4.69, 9.17) is 9.47 Å². The maximum Gasteiger partial charge on any atom is 0.307 e. The van der Waals surface area contributed by atoms with Crippen LogP contribution in [0.3, 0.4) is 0 Å². The molecule has 4 rings (SSSR count). The number of carbonyl (C=O) groups is 1. The van der Waals surface area contributed by atoms with Crippen LogP contribution in [-0.4, -0.2) is 44.5 Å². The van der Waals surface area contributed by atoms with E-state index in [0.29, 0.717) is 29.8 Å². The Bertz CT molecular complexity index is 1520. The third-order valence-electron chi connectivity index (χ3n) is 7.12. The molecule has 1 N–H and O–H groups in total. The van der Waals surface area contributed by atoms with E-state index in [0.717, 1.165) is 22.4 Å². The molecule has 1 aliphatic rings. The molecule has 0 saturated heterocycles. The lowest BCUT2D eigenvalue weighted by atomic mass is 9.94. The van der Waals surface area contributed by atoms with Crippen molar-refractivity contribution < 1.29 is 22.7 Å². The quantitative estimate of drug-likeness (QED) is 0.218. The Morgan fingerprint density at radius 3 is 2.25 bits per heavy atom. The Morgan fingerprint density at radius 1 is 1.00 bits per heavy atom. The number of hydrogen-bond donors (Lipinski definition) is 1. The molecule has 0 bridgehead atoms. The van der Waals surface area contributed by atoms with Gasteiger partial charge >= 0.3 is 5.97 Å². The summed E-state index contributed by atoms with van der Waals surface area (Å²) in [5, 5.41) is 3.21. The van der Waals surface area contributed by atoms with Crippen LogP contribution in [0, 0.1) is 20.8 Å². The van der Waals surface area contributed by atoms with E-state index in [1.54, 1.807) is 11.8 Å². The Labute approximate surface area is 237 Å². The van der Waals surface area contributed by atoms with Gasteiger partial charge in [0, 0.05) is 30.8 Å². The van der Waals surface area contributed by atoms with Crippen LogP contribution in [0.15, 0.2) is 70.0 Å². The maximum atomic E-state index is 14.2. The van der Waals surface area contributed by atoms with Crippen LogP contribution in [0.4, 0.5) is 5.69 Å². The number of para-hydroxylation sites is 1. The molecule has 1 aliphatic heterocycles. The number of nitrogens with one attached hydrogen (secondary N) is 1. The fraction of sp³-hybridized carbons (Fsp3) is 0.355. The zero-order valence-electron chi connectivity index (χ0n) is 23.9. The van der Waals surface area contributed by atoms with Crippen molar-refractivity contribution in [3.05, 3.63) is 88.5 Å². The number of carbonyl (C=O) groups excluding carboxylic acids is 1. The van der Waals surface area contributed by atoms with Gasteiger partial charge < -0.3 is 19.7 Å². The van der Waals surface area contributed by atoms with Gasteiger partial charge in [-0.1, -0.05) is 48.5 Å². The summed E-state index contributed by atoms with van der Waals surface area (Å²) >= 11 is 0. The van der Waals surface area contributed by atoms with Gasteiger partial charge in [-0.3, -0.25) is 4.79 Å². The molecule has 9 heteroatoms. The minimum Gasteiger partial charge on any atom is -0.487 e. The summed E-state index contributed by atoms with van der Waals surface area (Å²) in [6.45, 7) is 10.0. The first kappa shape index (κ1) is 29.1. The highest BCUT2D eigenvalue weighted by Gasteiger charge is 2.37. The summed E-state index contributed by atoms with van der Waals surface area (Å²) in [6.07, 6.45) is 0.664. The summed E-state index contributed by atoms with van der Waals surface area (Å²) < 4.78 is 43.8. The lowest BCUT2D eigenvalue weighted by molar-refractivity contribution is -0.140. The molecule has 0 spiro atoms.